The highest BCUT2D eigenvalue weighted by Gasteiger charge is 2.19. The maximum atomic E-state index is 10.9. The minimum Gasteiger partial charge on any atom is -0.447 e. The normalized spacial score (nSPS) is 11.2. The van der Waals surface area contributed by atoms with Crippen LogP contribution < -0.4 is 10.5 Å². The number of ether oxygens (including phenoxy) is 1. The van der Waals surface area contributed by atoms with Crippen LogP contribution in [0, 0.1) is 10.1 Å². The van der Waals surface area contributed by atoms with Crippen molar-refractivity contribution in [2.24, 2.45) is 10.9 Å². The molecule has 2 aromatic rings. The highest BCUT2D eigenvalue weighted by molar-refractivity contribution is 6.32. The fraction of sp³-hybridized carbons (Fsp3) is 0. The fourth-order valence-electron chi connectivity index (χ4n) is 1.50. The lowest BCUT2D eigenvalue weighted by atomic mass is 10.3. The topological polar surface area (TPSA) is 124 Å². The lowest BCUT2D eigenvalue weighted by molar-refractivity contribution is -0.385. The highest BCUT2D eigenvalue weighted by Crippen LogP contribution is 2.37. The molecule has 1 aromatic carbocycles. The largest absolute Gasteiger partial charge is 0.447 e. The van der Waals surface area contributed by atoms with Gasteiger partial charge in [-0.2, -0.15) is 0 Å². The molecule has 0 saturated carbocycles. The molecule has 0 aliphatic rings. The molecule has 0 amide bonds. The van der Waals surface area contributed by atoms with E-state index in [0.29, 0.717) is 0 Å². The summed E-state index contributed by atoms with van der Waals surface area (Å²) in [4.78, 5) is 14.2. The van der Waals surface area contributed by atoms with Crippen molar-refractivity contribution in [3.63, 3.8) is 0 Å². The number of aromatic nitrogens is 1. The smallest absolute Gasteiger partial charge is 0.313 e. The standard InChI is InChI=1S/C12H9ClN4O4/c13-8-2-1-3-10(17(19)20)11(8)21-7-4-5-9(15-6-7)12(14)16-18/h1-6,18H,(H2,14,16). The summed E-state index contributed by atoms with van der Waals surface area (Å²) in [6.45, 7) is 0. The van der Waals surface area contributed by atoms with Gasteiger partial charge in [-0.15, -0.1) is 0 Å². The first-order valence-corrected chi connectivity index (χ1v) is 5.95. The van der Waals surface area contributed by atoms with E-state index in [4.69, 9.17) is 27.3 Å². The number of nitrogens with two attached hydrogens (primary N) is 1. The summed E-state index contributed by atoms with van der Waals surface area (Å²) in [7, 11) is 0. The number of rotatable bonds is 4. The second-order valence-corrected chi connectivity index (χ2v) is 4.22. The summed E-state index contributed by atoms with van der Waals surface area (Å²) in [5, 5.41) is 22.4. The van der Waals surface area contributed by atoms with Crippen molar-refractivity contribution in [3.05, 3.63) is 57.4 Å². The van der Waals surface area contributed by atoms with Crippen molar-refractivity contribution in [2.75, 3.05) is 0 Å². The Morgan fingerprint density at radius 1 is 1.43 bits per heavy atom. The maximum absolute atomic E-state index is 10.9. The molecule has 1 heterocycles. The minimum atomic E-state index is -0.598. The molecule has 8 nitrogen and oxygen atoms in total. The van der Waals surface area contributed by atoms with Crippen molar-refractivity contribution in [2.45, 2.75) is 0 Å². The summed E-state index contributed by atoms with van der Waals surface area (Å²) in [5.41, 5.74) is 5.34. The zero-order valence-electron chi connectivity index (χ0n) is 10.4. The number of hydrogen-bond donors (Lipinski definition) is 2. The second kappa shape index (κ2) is 6.06. The molecule has 3 N–H and O–H groups in total. The highest BCUT2D eigenvalue weighted by atomic mass is 35.5. The van der Waals surface area contributed by atoms with Crippen LogP contribution in [0.15, 0.2) is 41.7 Å². The number of amidine groups is 1. The predicted octanol–water partition coefficient (Wildman–Crippen LogP) is 2.53. The molecule has 1 aromatic heterocycles. The van der Waals surface area contributed by atoms with E-state index in [1.165, 1.54) is 36.5 Å². The molecular formula is C12H9ClN4O4. The Bertz CT molecular complexity index is 703. The summed E-state index contributed by atoms with van der Waals surface area (Å²) in [6, 6.07) is 7.11. The van der Waals surface area contributed by atoms with Gasteiger partial charge in [0.25, 0.3) is 0 Å². The van der Waals surface area contributed by atoms with Crippen LogP contribution in [0.2, 0.25) is 5.02 Å². The van der Waals surface area contributed by atoms with Gasteiger partial charge in [0.2, 0.25) is 5.75 Å². The molecule has 108 valence electrons. The number of pyridine rings is 1. The Hall–Kier alpha value is -2.87. The molecule has 0 unspecified atom stereocenters. The third-order valence-corrected chi connectivity index (χ3v) is 2.77. The number of para-hydroxylation sites is 1. The number of oxime groups is 1. The first-order chi connectivity index (χ1) is 10.0. The zero-order chi connectivity index (χ0) is 15.4. The molecule has 0 aliphatic carbocycles. The summed E-state index contributed by atoms with van der Waals surface area (Å²) in [5.74, 6) is -0.0199. The van der Waals surface area contributed by atoms with Gasteiger partial charge in [-0.25, -0.2) is 4.98 Å². The molecular weight excluding hydrogens is 300 g/mol. The quantitative estimate of drug-likeness (QED) is 0.294. The van der Waals surface area contributed by atoms with Gasteiger partial charge < -0.3 is 15.7 Å². The van der Waals surface area contributed by atoms with E-state index >= 15 is 0 Å². The lowest BCUT2D eigenvalue weighted by Crippen LogP contribution is -2.14. The number of nitrogens with zero attached hydrogens (tertiary/aromatic N) is 3. The molecule has 0 atom stereocenters. The van der Waals surface area contributed by atoms with Crippen LogP contribution in [-0.2, 0) is 0 Å². The van der Waals surface area contributed by atoms with E-state index < -0.39 is 4.92 Å². The maximum Gasteiger partial charge on any atom is 0.313 e. The molecule has 21 heavy (non-hydrogen) atoms. The van der Waals surface area contributed by atoms with E-state index in [1.54, 1.807) is 0 Å². The summed E-state index contributed by atoms with van der Waals surface area (Å²) >= 11 is 5.91. The predicted molar refractivity (Wildman–Crippen MR) is 74.9 cm³/mol. The van der Waals surface area contributed by atoms with Crippen LogP contribution in [0.25, 0.3) is 0 Å². The Morgan fingerprint density at radius 2 is 2.19 bits per heavy atom. The zero-order valence-corrected chi connectivity index (χ0v) is 11.2. The number of halogens is 1. The molecule has 0 spiro atoms. The number of nitro groups is 1. The van der Waals surface area contributed by atoms with Gasteiger partial charge in [0, 0.05) is 6.07 Å². The first kappa shape index (κ1) is 14.5. The van der Waals surface area contributed by atoms with E-state index in [9.17, 15) is 10.1 Å². The van der Waals surface area contributed by atoms with Gasteiger partial charge in [-0.05, 0) is 18.2 Å². The third kappa shape index (κ3) is 3.18. The van der Waals surface area contributed by atoms with Crippen LogP contribution in [0.1, 0.15) is 5.69 Å². The summed E-state index contributed by atoms with van der Waals surface area (Å²) < 4.78 is 5.39. The molecule has 9 heteroatoms. The van der Waals surface area contributed by atoms with Crippen molar-refractivity contribution in [1.82, 2.24) is 4.98 Å². The Balaban J connectivity index is 2.33. The molecule has 0 fully saturated rings. The Labute approximate surface area is 123 Å². The molecule has 0 aliphatic heterocycles. The molecule has 0 bridgehead atoms. The van der Waals surface area contributed by atoms with Gasteiger partial charge in [-0.1, -0.05) is 22.8 Å². The van der Waals surface area contributed by atoms with Crippen LogP contribution >= 0.6 is 11.6 Å². The monoisotopic (exact) mass is 308 g/mol. The molecule has 0 saturated heterocycles. The van der Waals surface area contributed by atoms with Gasteiger partial charge in [0.15, 0.2) is 5.84 Å². The van der Waals surface area contributed by atoms with Crippen LogP contribution in [0.3, 0.4) is 0 Å². The Kier molecular flexibility index (Phi) is 4.19. The van der Waals surface area contributed by atoms with Gasteiger partial charge in [0.05, 0.1) is 16.1 Å². The molecule has 0 radical (unpaired) electrons. The van der Waals surface area contributed by atoms with Gasteiger partial charge in [-0.3, -0.25) is 10.1 Å². The third-order valence-electron chi connectivity index (χ3n) is 2.47. The average molecular weight is 309 g/mol. The van der Waals surface area contributed by atoms with E-state index in [-0.39, 0.29) is 33.7 Å². The SMILES string of the molecule is N/C(=N/O)c1ccc(Oc2c(Cl)cccc2[N+](=O)[O-])cn1. The lowest BCUT2D eigenvalue weighted by Gasteiger charge is -2.08. The van der Waals surface area contributed by atoms with Gasteiger partial charge >= 0.3 is 5.69 Å². The average Bonchev–Trinajstić information content (AvgIpc) is 2.49. The minimum absolute atomic E-state index is 0.0810. The second-order valence-electron chi connectivity index (χ2n) is 3.81. The number of nitro benzene ring substituents is 1. The van der Waals surface area contributed by atoms with Crippen molar-refractivity contribution < 1.29 is 14.9 Å². The van der Waals surface area contributed by atoms with Crippen LogP contribution in [-0.4, -0.2) is 21.0 Å². The van der Waals surface area contributed by atoms with Crippen LogP contribution in [0.5, 0.6) is 11.5 Å². The van der Waals surface area contributed by atoms with E-state index in [2.05, 4.69) is 10.1 Å². The van der Waals surface area contributed by atoms with Crippen molar-refractivity contribution in [3.8, 4) is 11.5 Å². The first-order valence-electron chi connectivity index (χ1n) is 5.57. The van der Waals surface area contributed by atoms with E-state index in [0.717, 1.165) is 0 Å². The van der Waals surface area contributed by atoms with Crippen molar-refractivity contribution >= 4 is 23.1 Å². The van der Waals surface area contributed by atoms with E-state index in [1.807, 2.05) is 0 Å². The Morgan fingerprint density at radius 3 is 2.76 bits per heavy atom. The van der Waals surface area contributed by atoms with Crippen molar-refractivity contribution in [1.29, 1.82) is 0 Å². The molecule has 2 rings (SSSR count). The number of benzene rings is 1. The number of hydrogen-bond acceptors (Lipinski definition) is 6. The summed E-state index contributed by atoms with van der Waals surface area (Å²) in [6.07, 6.45) is 1.28. The van der Waals surface area contributed by atoms with Gasteiger partial charge in [0.1, 0.15) is 11.4 Å². The fourth-order valence-corrected chi connectivity index (χ4v) is 1.71. The van der Waals surface area contributed by atoms with Crippen LogP contribution in [0.4, 0.5) is 5.69 Å².